The second-order valence-electron chi connectivity index (χ2n) is 3.46. The molecule has 2 aromatic heterocycles. The fourth-order valence-corrected chi connectivity index (χ4v) is 4.80. The van der Waals surface area contributed by atoms with E-state index in [-0.39, 0.29) is 4.21 Å². The van der Waals surface area contributed by atoms with Crippen LogP contribution in [0.3, 0.4) is 0 Å². The first-order chi connectivity index (χ1) is 7.90. The molecule has 0 amide bonds. The van der Waals surface area contributed by atoms with Gasteiger partial charge in [-0.15, -0.1) is 11.3 Å². The Hall–Kier alpha value is -0.860. The Balaban J connectivity index is 2.36. The van der Waals surface area contributed by atoms with Crippen molar-refractivity contribution in [3.8, 4) is 0 Å². The zero-order valence-electron chi connectivity index (χ0n) is 9.14. The molecular formula is C9H10BrN3O2S2. The summed E-state index contributed by atoms with van der Waals surface area (Å²) in [5, 5.41) is 5.80. The summed E-state index contributed by atoms with van der Waals surface area (Å²) in [5.41, 5.74) is 1.14. The van der Waals surface area contributed by atoms with Gasteiger partial charge in [0.05, 0.1) is 11.4 Å². The van der Waals surface area contributed by atoms with E-state index in [1.165, 1.54) is 0 Å². The van der Waals surface area contributed by atoms with Crippen LogP contribution in [0, 0.1) is 6.92 Å². The topological polar surface area (TPSA) is 64.0 Å². The highest BCUT2D eigenvalue weighted by Crippen LogP contribution is 2.29. The maximum absolute atomic E-state index is 12.1. The lowest BCUT2D eigenvalue weighted by Gasteiger charge is -2.04. The molecule has 0 aliphatic rings. The molecule has 2 aromatic rings. The Labute approximate surface area is 112 Å². The number of thiophene rings is 1. The summed E-state index contributed by atoms with van der Waals surface area (Å²) in [5.74, 6) is 0. The molecule has 0 saturated carbocycles. The van der Waals surface area contributed by atoms with Gasteiger partial charge in [-0.25, -0.2) is 8.42 Å². The van der Waals surface area contributed by atoms with E-state index in [0.29, 0.717) is 15.9 Å². The number of halogens is 1. The molecule has 0 saturated heterocycles. The molecule has 0 radical (unpaired) electrons. The molecule has 0 bridgehead atoms. The van der Waals surface area contributed by atoms with Crippen molar-refractivity contribution in [3.05, 3.63) is 27.8 Å². The number of nitrogens with one attached hydrogen (secondary N) is 1. The molecule has 92 valence electrons. The fourth-order valence-electron chi connectivity index (χ4n) is 1.36. The first kappa shape index (κ1) is 12.6. The van der Waals surface area contributed by atoms with Crippen LogP contribution in [-0.2, 0) is 17.1 Å². The molecule has 0 atom stereocenters. The number of sulfonamides is 1. The highest BCUT2D eigenvalue weighted by molar-refractivity contribution is 9.10. The number of hydrogen-bond acceptors (Lipinski definition) is 4. The minimum Gasteiger partial charge on any atom is -0.275 e. The van der Waals surface area contributed by atoms with Gasteiger partial charge in [0.2, 0.25) is 0 Å². The lowest BCUT2D eigenvalue weighted by molar-refractivity contribution is 0.603. The van der Waals surface area contributed by atoms with Crippen LogP contribution < -0.4 is 4.72 Å². The maximum Gasteiger partial charge on any atom is 0.272 e. The van der Waals surface area contributed by atoms with E-state index >= 15 is 0 Å². The van der Waals surface area contributed by atoms with Crippen LogP contribution in [0.2, 0.25) is 0 Å². The van der Waals surface area contributed by atoms with Crippen LogP contribution >= 0.6 is 27.3 Å². The zero-order chi connectivity index (χ0) is 12.6. The van der Waals surface area contributed by atoms with Crippen molar-refractivity contribution in [2.45, 2.75) is 11.1 Å². The van der Waals surface area contributed by atoms with Crippen molar-refractivity contribution in [2.24, 2.45) is 7.05 Å². The third-order valence-corrected chi connectivity index (χ3v) is 6.12. The predicted molar refractivity (Wildman–Crippen MR) is 70.8 cm³/mol. The average Bonchev–Trinajstić information content (AvgIpc) is 2.74. The Morgan fingerprint density at radius 3 is 2.71 bits per heavy atom. The zero-order valence-corrected chi connectivity index (χ0v) is 12.4. The Bertz CT molecular complexity index is 645. The normalized spacial score (nSPS) is 11.7. The smallest absolute Gasteiger partial charge is 0.272 e. The van der Waals surface area contributed by atoms with Crippen molar-refractivity contribution in [1.82, 2.24) is 9.78 Å². The van der Waals surface area contributed by atoms with E-state index in [4.69, 9.17) is 0 Å². The number of aryl methyl sites for hydroxylation is 2. The number of nitrogens with zero attached hydrogens (tertiary/aromatic N) is 2. The molecule has 0 aromatic carbocycles. The van der Waals surface area contributed by atoms with Gasteiger partial charge in [-0.3, -0.25) is 9.40 Å². The van der Waals surface area contributed by atoms with E-state index in [9.17, 15) is 8.42 Å². The van der Waals surface area contributed by atoms with Gasteiger partial charge in [-0.1, -0.05) is 0 Å². The fraction of sp³-hybridized carbons (Fsp3) is 0.222. The number of hydrogen-bond donors (Lipinski definition) is 1. The molecule has 8 heteroatoms. The van der Waals surface area contributed by atoms with Gasteiger partial charge in [0.15, 0.2) is 4.21 Å². The highest BCUT2D eigenvalue weighted by atomic mass is 79.9. The monoisotopic (exact) mass is 335 g/mol. The summed E-state index contributed by atoms with van der Waals surface area (Å²) < 4.78 is 29.1. The van der Waals surface area contributed by atoms with E-state index in [1.807, 2.05) is 0 Å². The van der Waals surface area contributed by atoms with Crippen LogP contribution in [0.15, 0.2) is 26.3 Å². The van der Waals surface area contributed by atoms with Gasteiger partial charge < -0.3 is 0 Å². The van der Waals surface area contributed by atoms with Crippen molar-refractivity contribution in [3.63, 3.8) is 0 Å². The largest absolute Gasteiger partial charge is 0.275 e. The predicted octanol–water partition coefficient (Wildman–Crippen LogP) is 2.35. The van der Waals surface area contributed by atoms with Crippen LogP contribution in [0.5, 0.6) is 0 Å². The van der Waals surface area contributed by atoms with E-state index in [0.717, 1.165) is 11.3 Å². The summed E-state index contributed by atoms with van der Waals surface area (Å²) in [6.45, 7) is 1.75. The Morgan fingerprint density at radius 2 is 2.24 bits per heavy atom. The van der Waals surface area contributed by atoms with Crippen LogP contribution in [0.1, 0.15) is 5.69 Å². The molecule has 5 nitrogen and oxygen atoms in total. The van der Waals surface area contributed by atoms with Crippen molar-refractivity contribution in [2.75, 3.05) is 4.72 Å². The molecule has 0 spiro atoms. The summed E-state index contributed by atoms with van der Waals surface area (Å²) in [6.07, 6.45) is 1.63. The number of anilines is 1. The molecule has 0 fully saturated rings. The number of rotatable bonds is 3. The Morgan fingerprint density at radius 1 is 1.53 bits per heavy atom. The van der Waals surface area contributed by atoms with Crippen molar-refractivity contribution >= 4 is 43.0 Å². The van der Waals surface area contributed by atoms with E-state index in [1.54, 1.807) is 36.3 Å². The first-order valence-electron chi connectivity index (χ1n) is 4.66. The molecule has 17 heavy (non-hydrogen) atoms. The van der Waals surface area contributed by atoms with Crippen molar-refractivity contribution < 1.29 is 8.42 Å². The van der Waals surface area contributed by atoms with Gasteiger partial charge in [0.1, 0.15) is 0 Å². The molecule has 0 unspecified atom stereocenters. The average molecular weight is 336 g/mol. The molecule has 0 aliphatic carbocycles. The molecular weight excluding hydrogens is 326 g/mol. The molecule has 2 rings (SSSR count). The molecule has 0 aliphatic heterocycles. The maximum atomic E-state index is 12.1. The van der Waals surface area contributed by atoms with Crippen molar-refractivity contribution in [1.29, 1.82) is 0 Å². The second-order valence-corrected chi connectivity index (χ2v) is 7.11. The summed E-state index contributed by atoms with van der Waals surface area (Å²) >= 11 is 4.37. The van der Waals surface area contributed by atoms with Gasteiger partial charge in [-0.05, 0) is 34.3 Å². The lowest BCUT2D eigenvalue weighted by Crippen LogP contribution is -2.12. The third kappa shape index (κ3) is 2.53. The van der Waals surface area contributed by atoms with Gasteiger partial charge >= 0.3 is 0 Å². The summed E-state index contributed by atoms with van der Waals surface area (Å²) in [6, 6.07) is 1.70. The molecule has 1 N–H and O–H groups in total. The van der Waals surface area contributed by atoms with E-state index in [2.05, 4.69) is 25.8 Å². The quantitative estimate of drug-likeness (QED) is 0.936. The summed E-state index contributed by atoms with van der Waals surface area (Å²) in [4.78, 5) is 0. The van der Waals surface area contributed by atoms with Gasteiger partial charge in [0, 0.05) is 17.7 Å². The first-order valence-corrected chi connectivity index (χ1v) is 7.82. The Kier molecular flexibility index (Phi) is 3.28. The van der Waals surface area contributed by atoms with Crippen LogP contribution in [-0.4, -0.2) is 18.2 Å². The summed E-state index contributed by atoms with van der Waals surface area (Å²) in [7, 11) is -1.80. The van der Waals surface area contributed by atoms with Gasteiger partial charge in [0.25, 0.3) is 10.0 Å². The van der Waals surface area contributed by atoms with Gasteiger partial charge in [-0.2, -0.15) is 5.10 Å². The SMILES string of the molecule is Cc1nn(C)cc1NS(=O)(=O)c1sccc1Br. The third-order valence-electron chi connectivity index (χ3n) is 2.09. The van der Waals surface area contributed by atoms with E-state index < -0.39 is 10.0 Å². The van der Waals surface area contributed by atoms with Crippen LogP contribution in [0.25, 0.3) is 0 Å². The van der Waals surface area contributed by atoms with Crippen LogP contribution in [0.4, 0.5) is 5.69 Å². The minimum absolute atomic E-state index is 0.265. The molecule has 2 heterocycles. The standard InChI is InChI=1S/C9H10BrN3O2S2/c1-6-8(5-13(2)11-6)12-17(14,15)9-7(10)3-4-16-9/h3-5,12H,1-2H3. The minimum atomic E-state index is -3.54. The second kappa shape index (κ2) is 4.43. The highest BCUT2D eigenvalue weighted by Gasteiger charge is 2.20. The lowest BCUT2D eigenvalue weighted by atomic mass is 10.4. The number of aromatic nitrogens is 2.